The van der Waals surface area contributed by atoms with Crippen LogP contribution >= 0.6 is 11.6 Å². The van der Waals surface area contributed by atoms with E-state index in [0.29, 0.717) is 55.3 Å². The SMILES string of the molecule is CC12CCC(O)CC13C=CC1(C(C(=O)c4ccc(-c5cc(C(F)(F)F)ccc5Cl)o4)=C3)C2CCC2(C)C1CCC2(O)CN(Cc1ccc(OC(F)(F)F)cc1)C(=O)Nc1ccccc1. The molecule has 0 radical (unpaired) electrons. The van der Waals surface area contributed by atoms with Gasteiger partial charge in [0.05, 0.1) is 28.8 Å². The lowest BCUT2D eigenvalue weighted by atomic mass is 9.32. The number of amides is 2. The standard InChI is InChI=1S/C49H47ClF6N2O6/c1-43-19-16-32(59)25-45(43)22-23-47(35(26-45)41(60)38-15-14-37(63-38)34-24-30(48(51,52)53)10-13-36(34)50)39(43)17-20-44(2)40(47)18-21-46(44,62)28-58(42(61)57-31-6-4-3-5-7-31)27-29-8-11-33(12-9-29)64-49(54,55)56/h3-15,22-24,26,32,39-40,59,62H,16-21,25,27-28H2,1-2H3,(H,57,61). The molecule has 10 rings (SSSR count). The van der Waals surface area contributed by atoms with Crippen molar-refractivity contribution in [1.29, 1.82) is 0 Å². The molecule has 1 aromatic heterocycles. The van der Waals surface area contributed by atoms with Crippen molar-refractivity contribution >= 4 is 29.1 Å². The topological polar surface area (TPSA) is 112 Å². The van der Waals surface area contributed by atoms with E-state index >= 15 is 4.79 Å². The van der Waals surface area contributed by atoms with Gasteiger partial charge < -0.3 is 29.6 Å². The van der Waals surface area contributed by atoms with Gasteiger partial charge in [-0.2, -0.15) is 13.2 Å². The summed E-state index contributed by atoms with van der Waals surface area (Å²) in [7, 11) is 0. The van der Waals surface area contributed by atoms with E-state index in [-0.39, 0.29) is 58.9 Å². The fourth-order valence-electron chi connectivity index (χ4n) is 12.5. The fraction of sp³-hybridized carbons (Fsp3) is 0.429. The number of carbonyl (C=O) groups is 2. The summed E-state index contributed by atoms with van der Waals surface area (Å²) in [6.45, 7) is 4.02. The highest BCUT2D eigenvalue weighted by Crippen LogP contribution is 2.78. The summed E-state index contributed by atoms with van der Waals surface area (Å²) < 4.78 is 90.3. The van der Waals surface area contributed by atoms with Gasteiger partial charge in [0, 0.05) is 39.6 Å². The number of nitrogens with one attached hydrogen (secondary N) is 1. The number of para-hydroxylation sites is 1. The second-order valence-electron chi connectivity index (χ2n) is 18.8. The molecule has 0 aliphatic heterocycles. The van der Waals surface area contributed by atoms with Crippen LogP contribution in [0.2, 0.25) is 5.02 Å². The summed E-state index contributed by atoms with van der Waals surface area (Å²) in [4.78, 5) is 30.9. The van der Waals surface area contributed by atoms with Crippen LogP contribution in [-0.2, 0) is 12.7 Å². The van der Waals surface area contributed by atoms with Gasteiger partial charge in [0.25, 0.3) is 0 Å². The quantitative estimate of drug-likeness (QED) is 0.0876. The summed E-state index contributed by atoms with van der Waals surface area (Å²) in [5.74, 6) is -1.42. The normalized spacial score (nSPS) is 31.7. The third kappa shape index (κ3) is 7.15. The predicted octanol–water partition coefficient (Wildman–Crippen LogP) is 12.0. The van der Waals surface area contributed by atoms with E-state index in [0.717, 1.165) is 18.2 Å². The summed E-state index contributed by atoms with van der Waals surface area (Å²) in [6.07, 6.45) is -0.390. The summed E-state index contributed by atoms with van der Waals surface area (Å²) >= 11 is 6.38. The Morgan fingerprint density at radius 3 is 2.27 bits per heavy atom. The number of Topliss-reactive ketones (excluding diaryl/α,β-unsaturated/α-hetero) is 1. The average Bonchev–Trinajstić information content (AvgIpc) is 3.83. The number of fused-ring (bicyclic) bond motifs is 1. The third-order valence-corrected chi connectivity index (χ3v) is 16.0. The van der Waals surface area contributed by atoms with Gasteiger partial charge in [-0.25, -0.2) is 4.79 Å². The Balaban J connectivity index is 1.08. The molecule has 1 heterocycles. The number of ether oxygens (including phenoxy) is 1. The predicted molar refractivity (Wildman–Crippen MR) is 226 cm³/mol. The van der Waals surface area contributed by atoms with Gasteiger partial charge in [0.2, 0.25) is 5.78 Å². The molecule has 15 heteroatoms. The number of benzene rings is 3. The number of ketones is 1. The number of anilines is 1. The third-order valence-electron chi connectivity index (χ3n) is 15.6. The van der Waals surface area contributed by atoms with Crippen molar-refractivity contribution in [3.63, 3.8) is 0 Å². The number of alkyl halides is 6. The molecule has 2 bridgehead atoms. The number of nitrogens with zero attached hydrogens (tertiary/aromatic N) is 1. The lowest BCUT2D eigenvalue weighted by molar-refractivity contribution is -0.274. The monoisotopic (exact) mass is 908 g/mol. The summed E-state index contributed by atoms with van der Waals surface area (Å²) in [5, 5.41) is 27.2. The Labute approximate surface area is 370 Å². The molecule has 3 aromatic carbocycles. The van der Waals surface area contributed by atoms with E-state index in [1.807, 2.05) is 13.0 Å². The Morgan fingerprint density at radius 2 is 1.56 bits per heavy atom. The molecule has 2 amide bonds. The number of furan rings is 1. The van der Waals surface area contributed by atoms with Crippen LogP contribution in [0.25, 0.3) is 11.3 Å². The second kappa shape index (κ2) is 15.3. The Hall–Kier alpha value is -5.05. The van der Waals surface area contributed by atoms with E-state index in [1.165, 1.54) is 41.3 Å². The maximum absolute atomic E-state index is 15.2. The van der Waals surface area contributed by atoms with E-state index in [2.05, 4.69) is 29.1 Å². The first kappa shape index (κ1) is 44.2. The van der Waals surface area contributed by atoms with Crippen molar-refractivity contribution in [3.8, 4) is 17.1 Å². The van der Waals surface area contributed by atoms with Gasteiger partial charge in [0.1, 0.15) is 11.5 Å². The van der Waals surface area contributed by atoms with E-state index < -0.39 is 63.6 Å². The largest absolute Gasteiger partial charge is 0.573 e. The number of rotatable bonds is 9. The van der Waals surface area contributed by atoms with Crippen LogP contribution in [-0.4, -0.2) is 51.5 Å². The molecular formula is C49H47ClF6N2O6. The van der Waals surface area contributed by atoms with Gasteiger partial charge in [0.15, 0.2) is 5.76 Å². The van der Waals surface area contributed by atoms with Gasteiger partial charge in [-0.1, -0.05) is 74.0 Å². The Kier molecular flexibility index (Phi) is 10.5. The molecule has 8 atom stereocenters. The Morgan fingerprint density at radius 1 is 0.875 bits per heavy atom. The van der Waals surface area contributed by atoms with Crippen molar-refractivity contribution in [3.05, 3.63) is 131 Å². The van der Waals surface area contributed by atoms with Crippen LogP contribution in [0.3, 0.4) is 0 Å². The maximum atomic E-state index is 15.2. The molecule has 8 unspecified atom stereocenters. The van der Waals surface area contributed by atoms with Gasteiger partial charge in [-0.05, 0) is 122 Å². The van der Waals surface area contributed by atoms with Crippen molar-refractivity contribution < 1.29 is 55.3 Å². The number of halogens is 7. The van der Waals surface area contributed by atoms with Crippen molar-refractivity contribution in [2.75, 3.05) is 11.9 Å². The van der Waals surface area contributed by atoms with Crippen LogP contribution < -0.4 is 10.1 Å². The van der Waals surface area contributed by atoms with Gasteiger partial charge in [-0.15, -0.1) is 13.2 Å². The fourth-order valence-corrected chi connectivity index (χ4v) is 12.7. The minimum absolute atomic E-state index is 0.0111. The average molecular weight is 909 g/mol. The zero-order valence-corrected chi connectivity index (χ0v) is 35.8. The molecule has 0 saturated heterocycles. The van der Waals surface area contributed by atoms with Crippen molar-refractivity contribution in [2.45, 2.75) is 89.6 Å². The number of carbonyl (C=O) groups excluding carboxylic acids is 2. The number of hydrogen-bond donors (Lipinski definition) is 3. The minimum Gasteiger partial charge on any atom is -0.453 e. The number of aliphatic hydroxyl groups excluding tert-OH is 1. The molecule has 3 saturated carbocycles. The zero-order chi connectivity index (χ0) is 45.7. The number of hydrogen-bond acceptors (Lipinski definition) is 6. The van der Waals surface area contributed by atoms with Crippen LogP contribution in [0.1, 0.15) is 80.5 Å². The Bertz CT molecular complexity index is 2540. The number of aliphatic hydroxyl groups is 2. The molecule has 8 nitrogen and oxygen atoms in total. The van der Waals surface area contributed by atoms with E-state index in [9.17, 15) is 41.4 Å². The zero-order valence-electron chi connectivity index (χ0n) is 35.0. The lowest BCUT2D eigenvalue weighted by Crippen LogP contribution is -2.67. The molecular weight excluding hydrogens is 862 g/mol. The highest BCUT2D eigenvalue weighted by atomic mass is 35.5. The summed E-state index contributed by atoms with van der Waals surface area (Å²) in [5.41, 5.74) is -3.92. The minimum atomic E-state index is -4.89. The number of urea groups is 1. The van der Waals surface area contributed by atoms with Gasteiger partial charge in [-0.3, -0.25) is 4.79 Å². The first-order valence-corrected chi connectivity index (χ1v) is 21.8. The molecule has 4 aromatic rings. The highest BCUT2D eigenvalue weighted by Gasteiger charge is 2.74. The second-order valence-corrected chi connectivity index (χ2v) is 19.2. The van der Waals surface area contributed by atoms with E-state index in [1.54, 1.807) is 30.3 Å². The van der Waals surface area contributed by atoms with Gasteiger partial charge >= 0.3 is 18.6 Å². The summed E-state index contributed by atoms with van der Waals surface area (Å²) in [6, 6.07) is 19.2. The van der Waals surface area contributed by atoms with E-state index in [4.69, 9.17) is 16.0 Å². The highest BCUT2D eigenvalue weighted by molar-refractivity contribution is 6.33. The molecule has 3 fully saturated rings. The first-order valence-electron chi connectivity index (χ1n) is 21.4. The molecule has 3 N–H and O–H groups in total. The van der Waals surface area contributed by atoms with Crippen molar-refractivity contribution in [1.82, 2.24) is 4.90 Å². The maximum Gasteiger partial charge on any atom is 0.573 e. The smallest absolute Gasteiger partial charge is 0.453 e. The van der Waals surface area contributed by atoms with Crippen LogP contribution in [0.15, 0.2) is 113 Å². The molecule has 6 aliphatic rings. The first-order chi connectivity index (χ1) is 30.1. The van der Waals surface area contributed by atoms with Crippen LogP contribution in [0, 0.1) is 33.5 Å². The van der Waals surface area contributed by atoms with Crippen LogP contribution in [0.4, 0.5) is 36.8 Å². The number of allylic oxidation sites excluding steroid dienone is 4. The molecule has 64 heavy (non-hydrogen) atoms. The molecule has 6 aliphatic carbocycles. The van der Waals surface area contributed by atoms with Crippen molar-refractivity contribution in [2.24, 2.45) is 33.5 Å². The molecule has 338 valence electrons. The lowest BCUT2D eigenvalue weighted by Gasteiger charge is -2.71. The van der Waals surface area contributed by atoms with Crippen LogP contribution in [0.5, 0.6) is 5.75 Å². The molecule has 2 spiro atoms.